The number of rotatable bonds is 2. The summed E-state index contributed by atoms with van der Waals surface area (Å²) < 4.78 is 24.1. The maximum absolute atomic E-state index is 12.1. The van der Waals surface area contributed by atoms with Crippen molar-refractivity contribution in [2.75, 3.05) is 0 Å². The molecule has 0 aromatic heterocycles. The molecule has 0 nitrogen and oxygen atoms in total. The van der Waals surface area contributed by atoms with Gasteiger partial charge in [-0.1, -0.05) is 22.9 Å². The smallest absolute Gasteiger partial charge is 0.206 e. The second-order valence-corrected chi connectivity index (χ2v) is 2.94. The highest BCUT2D eigenvalue weighted by Crippen LogP contribution is 2.25. The lowest BCUT2D eigenvalue weighted by Crippen LogP contribution is -2.23. The fourth-order valence-electron chi connectivity index (χ4n) is 0.358. The van der Waals surface area contributed by atoms with Gasteiger partial charge in [-0.15, -0.1) is 0 Å². The minimum Gasteiger partial charge on any atom is -0.206 e. The monoisotopic (exact) mass is 186 g/mol. The van der Waals surface area contributed by atoms with Crippen molar-refractivity contribution in [1.29, 1.82) is 0 Å². The average molecular weight is 187 g/mol. The van der Waals surface area contributed by atoms with Crippen molar-refractivity contribution in [3.63, 3.8) is 0 Å². The molecule has 0 fully saturated rings. The first kappa shape index (κ1) is 8.34. The predicted octanol–water partition coefficient (Wildman–Crippen LogP) is 2.82. The molecule has 8 heavy (non-hydrogen) atoms. The highest BCUT2D eigenvalue weighted by molar-refractivity contribution is 9.09. The molecule has 0 heterocycles. The second kappa shape index (κ2) is 2.76. The van der Waals surface area contributed by atoms with Gasteiger partial charge >= 0.3 is 0 Å². The summed E-state index contributed by atoms with van der Waals surface area (Å²) in [5, 5.41) is 0. The first-order valence-electron chi connectivity index (χ1n) is 2.50. The van der Waals surface area contributed by atoms with E-state index in [4.69, 9.17) is 0 Å². The summed E-state index contributed by atoms with van der Waals surface area (Å²) in [6.45, 7) is 2.63. The molecule has 0 aliphatic carbocycles. The molecular weight excluding hydrogens is 178 g/mol. The summed E-state index contributed by atoms with van der Waals surface area (Å²) in [5.41, 5.74) is 0. The molecule has 0 rings (SSSR count). The highest BCUT2D eigenvalue weighted by Gasteiger charge is 2.29. The van der Waals surface area contributed by atoms with E-state index in [0.29, 0.717) is 6.42 Å². The van der Waals surface area contributed by atoms with Crippen LogP contribution < -0.4 is 0 Å². The third-order valence-corrected chi connectivity index (χ3v) is 2.36. The van der Waals surface area contributed by atoms with Crippen LogP contribution in [-0.4, -0.2) is 10.7 Å². The molecule has 3 heteroatoms. The maximum Gasteiger partial charge on any atom is 0.257 e. The van der Waals surface area contributed by atoms with Crippen molar-refractivity contribution in [1.82, 2.24) is 0 Å². The Balaban J connectivity index is 3.62. The lowest BCUT2D eigenvalue weighted by Gasteiger charge is -2.14. The normalized spacial score (nSPS) is 16.1. The van der Waals surface area contributed by atoms with E-state index in [1.54, 1.807) is 6.92 Å². The number of alkyl halides is 3. The number of halogens is 3. The molecule has 0 aromatic carbocycles. The Hall–Kier alpha value is 0.340. The molecular formula is C5H9BrF2. The first-order valence-corrected chi connectivity index (χ1v) is 3.42. The zero-order chi connectivity index (χ0) is 6.78. The fourth-order valence-corrected chi connectivity index (χ4v) is 0.358. The van der Waals surface area contributed by atoms with Gasteiger partial charge in [0, 0.05) is 6.92 Å². The molecule has 0 aliphatic rings. The molecule has 0 bridgehead atoms. The SMILES string of the molecule is CCC(Br)C(C)(F)F. The second-order valence-electron chi connectivity index (χ2n) is 1.83. The molecule has 0 saturated heterocycles. The Kier molecular flexibility index (Phi) is 2.88. The molecule has 0 radical (unpaired) electrons. The van der Waals surface area contributed by atoms with Gasteiger partial charge in [0.1, 0.15) is 0 Å². The molecule has 0 N–H and O–H groups in total. The van der Waals surface area contributed by atoms with Crippen LogP contribution in [0.3, 0.4) is 0 Å². The summed E-state index contributed by atoms with van der Waals surface area (Å²) >= 11 is 2.85. The van der Waals surface area contributed by atoms with E-state index in [-0.39, 0.29) is 0 Å². The van der Waals surface area contributed by atoms with E-state index in [0.717, 1.165) is 6.92 Å². The van der Waals surface area contributed by atoms with Crippen LogP contribution >= 0.6 is 15.9 Å². The Labute approximate surface area is 56.4 Å². The molecule has 0 aromatic rings. The van der Waals surface area contributed by atoms with Crippen LogP contribution in [0.5, 0.6) is 0 Å². The number of hydrogen-bond donors (Lipinski definition) is 0. The van der Waals surface area contributed by atoms with Crippen LogP contribution in [0, 0.1) is 0 Å². The van der Waals surface area contributed by atoms with Gasteiger partial charge in [0.25, 0.3) is 5.92 Å². The van der Waals surface area contributed by atoms with Crippen LogP contribution in [0.2, 0.25) is 0 Å². The quantitative estimate of drug-likeness (QED) is 0.583. The van der Waals surface area contributed by atoms with Gasteiger partial charge in [0.2, 0.25) is 0 Å². The van der Waals surface area contributed by atoms with E-state index < -0.39 is 10.7 Å². The Morgan fingerprint density at radius 1 is 1.62 bits per heavy atom. The zero-order valence-corrected chi connectivity index (χ0v) is 6.50. The van der Waals surface area contributed by atoms with Gasteiger partial charge in [-0.3, -0.25) is 0 Å². The molecule has 0 saturated carbocycles. The summed E-state index contributed by atoms with van der Waals surface area (Å²) in [7, 11) is 0. The summed E-state index contributed by atoms with van der Waals surface area (Å²) in [6, 6.07) is 0. The Morgan fingerprint density at radius 3 is 2.00 bits per heavy atom. The van der Waals surface area contributed by atoms with Crippen molar-refractivity contribution in [2.24, 2.45) is 0 Å². The zero-order valence-electron chi connectivity index (χ0n) is 4.92. The van der Waals surface area contributed by atoms with E-state index in [9.17, 15) is 8.78 Å². The van der Waals surface area contributed by atoms with E-state index >= 15 is 0 Å². The molecule has 0 amide bonds. The largest absolute Gasteiger partial charge is 0.257 e. The predicted molar refractivity (Wildman–Crippen MR) is 33.6 cm³/mol. The van der Waals surface area contributed by atoms with Crippen molar-refractivity contribution in [3.05, 3.63) is 0 Å². The Bertz CT molecular complexity index is 67.3. The molecule has 1 unspecified atom stereocenters. The van der Waals surface area contributed by atoms with Gasteiger partial charge in [-0.2, -0.15) is 0 Å². The van der Waals surface area contributed by atoms with Crippen LogP contribution in [0.15, 0.2) is 0 Å². The lowest BCUT2D eigenvalue weighted by atomic mass is 10.2. The third kappa shape index (κ3) is 2.60. The van der Waals surface area contributed by atoms with E-state index in [1.165, 1.54) is 0 Å². The Morgan fingerprint density at radius 2 is 2.00 bits per heavy atom. The third-order valence-electron chi connectivity index (χ3n) is 0.908. The minimum absolute atomic E-state index is 0.462. The summed E-state index contributed by atoms with van der Waals surface area (Å²) in [4.78, 5) is -0.671. The summed E-state index contributed by atoms with van der Waals surface area (Å²) in [5.74, 6) is -2.57. The van der Waals surface area contributed by atoms with Crippen LogP contribution in [0.1, 0.15) is 20.3 Å². The van der Waals surface area contributed by atoms with Gasteiger partial charge in [0.15, 0.2) is 0 Å². The molecule has 1 atom stereocenters. The van der Waals surface area contributed by atoms with Gasteiger partial charge < -0.3 is 0 Å². The van der Waals surface area contributed by atoms with Crippen molar-refractivity contribution < 1.29 is 8.78 Å². The van der Waals surface area contributed by atoms with Crippen LogP contribution in [0.4, 0.5) is 8.78 Å². The van der Waals surface area contributed by atoms with Gasteiger partial charge in [0.05, 0.1) is 4.83 Å². The fraction of sp³-hybridized carbons (Fsp3) is 1.00. The van der Waals surface area contributed by atoms with Crippen molar-refractivity contribution >= 4 is 15.9 Å². The van der Waals surface area contributed by atoms with Crippen molar-refractivity contribution in [2.45, 2.75) is 31.0 Å². The lowest BCUT2D eigenvalue weighted by molar-refractivity contribution is 0.0209. The van der Waals surface area contributed by atoms with Crippen LogP contribution in [0.25, 0.3) is 0 Å². The van der Waals surface area contributed by atoms with E-state index in [1.807, 2.05) is 0 Å². The average Bonchev–Trinajstić information content (AvgIpc) is 1.62. The van der Waals surface area contributed by atoms with Crippen LogP contribution in [-0.2, 0) is 0 Å². The molecule has 50 valence electrons. The highest BCUT2D eigenvalue weighted by atomic mass is 79.9. The minimum atomic E-state index is -2.57. The van der Waals surface area contributed by atoms with Gasteiger partial charge in [-0.25, -0.2) is 8.78 Å². The molecule has 0 spiro atoms. The van der Waals surface area contributed by atoms with Crippen molar-refractivity contribution in [3.8, 4) is 0 Å². The molecule has 0 aliphatic heterocycles. The topological polar surface area (TPSA) is 0 Å². The standard InChI is InChI=1S/C5H9BrF2/c1-3-4(6)5(2,7)8/h4H,3H2,1-2H3. The summed E-state index contributed by atoms with van der Waals surface area (Å²) in [6.07, 6.45) is 0.462. The maximum atomic E-state index is 12.1. The number of hydrogen-bond acceptors (Lipinski definition) is 0. The van der Waals surface area contributed by atoms with E-state index in [2.05, 4.69) is 15.9 Å². The first-order chi connectivity index (χ1) is 3.48. The van der Waals surface area contributed by atoms with Gasteiger partial charge in [-0.05, 0) is 6.42 Å².